The molecule has 4 nitrogen and oxygen atoms in total. The van der Waals surface area contributed by atoms with Crippen LogP contribution in [0.1, 0.15) is 31.8 Å². The van der Waals surface area contributed by atoms with Crippen LogP contribution in [0.15, 0.2) is 48.5 Å². The smallest absolute Gasteiger partial charge is 0.326 e. The third-order valence-electron chi connectivity index (χ3n) is 4.10. The molecule has 8 heteroatoms. The van der Waals surface area contributed by atoms with E-state index in [0.29, 0.717) is 0 Å². The van der Waals surface area contributed by atoms with Crippen LogP contribution in [0, 0.1) is 0 Å². The molecule has 1 atom stereocenters. The maximum atomic E-state index is 13.0. The fourth-order valence-corrected chi connectivity index (χ4v) is 2.96. The number of rotatable bonds is 4. The van der Waals surface area contributed by atoms with E-state index in [2.05, 4.69) is 0 Å². The Bertz CT molecular complexity index is 804. The quantitative estimate of drug-likeness (QED) is 0.823. The Morgan fingerprint density at radius 3 is 1.96 bits per heavy atom. The zero-order valence-corrected chi connectivity index (χ0v) is 14.3. The van der Waals surface area contributed by atoms with Gasteiger partial charge in [-0.1, -0.05) is 30.3 Å². The molecule has 0 unspecified atom stereocenters. The van der Waals surface area contributed by atoms with Crippen LogP contribution < -0.4 is 5.73 Å². The summed E-state index contributed by atoms with van der Waals surface area (Å²) < 4.78 is 39.1. The van der Waals surface area contributed by atoms with Crippen molar-refractivity contribution in [2.24, 2.45) is 5.73 Å². The number of alkyl halides is 3. The molecule has 0 saturated heterocycles. The minimum absolute atomic E-state index is 0. The molecule has 0 fully saturated rings. The number of fused-ring (bicyclic) bond motifs is 1. The Labute approximate surface area is 154 Å². The molecular formula is C18H16ClF3N2O2. The van der Waals surface area contributed by atoms with Gasteiger partial charge in [0.15, 0.2) is 0 Å². The molecule has 0 aromatic heterocycles. The third-order valence-corrected chi connectivity index (χ3v) is 4.10. The number of benzene rings is 2. The highest BCUT2D eigenvalue weighted by atomic mass is 35.5. The van der Waals surface area contributed by atoms with Crippen molar-refractivity contribution in [2.45, 2.75) is 18.6 Å². The normalized spacial score (nSPS) is 14.8. The summed E-state index contributed by atoms with van der Waals surface area (Å²) in [6.07, 6.45) is -4.57. The molecule has 2 N–H and O–H groups in total. The highest BCUT2D eigenvalue weighted by molar-refractivity contribution is 6.21. The average molecular weight is 385 g/mol. The molecule has 1 aliphatic heterocycles. The minimum atomic E-state index is -4.48. The summed E-state index contributed by atoms with van der Waals surface area (Å²) in [5.41, 5.74) is 5.80. The van der Waals surface area contributed by atoms with Crippen molar-refractivity contribution >= 4 is 24.2 Å². The van der Waals surface area contributed by atoms with Crippen molar-refractivity contribution in [2.75, 3.05) is 6.54 Å². The molecule has 1 aliphatic rings. The second kappa shape index (κ2) is 7.47. The Balaban J connectivity index is 0.00000243. The first-order valence-electron chi connectivity index (χ1n) is 7.65. The first-order chi connectivity index (χ1) is 11.8. The molecule has 0 spiro atoms. The summed E-state index contributed by atoms with van der Waals surface area (Å²) in [7, 11) is 0. The fourth-order valence-electron chi connectivity index (χ4n) is 2.96. The Hall–Kier alpha value is -2.38. The second-order valence-corrected chi connectivity index (χ2v) is 5.89. The molecule has 0 bridgehead atoms. The first-order valence-corrected chi connectivity index (χ1v) is 7.65. The van der Waals surface area contributed by atoms with Gasteiger partial charge < -0.3 is 5.73 Å². The number of halogens is 4. The van der Waals surface area contributed by atoms with Crippen molar-refractivity contribution in [1.29, 1.82) is 0 Å². The number of imide groups is 1. The molecule has 138 valence electrons. The SMILES string of the molecule is Cl.N[C@@H](Cc1ccccc1C(F)(F)F)CN1C(=O)c2ccccc2C1=O. The fraction of sp³-hybridized carbons (Fsp3) is 0.222. The van der Waals surface area contributed by atoms with Crippen molar-refractivity contribution in [3.05, 3.63) is 70.8 Å². The molecule has 26 heavy (non-hydrogen) atoms. The zero-order valence-electron chi connectivity index (χ0n) is 13.5. The van der Waals surface area contributed by atoms with E-state index in [1.165, 1.54) is 18.2 Å². The molecular weight excluding hydrogens is 369 g/mol. The number of nitrogens with two attached hydrogens (primary N) is 1. The standard InChI is InChI=1S/C18H15F3N2O2.ClH/c19-18(20,21)15-8-4-1-5-11(15)9-12(22)10-23-16(24)13-6-2-3-7-14(13)17(23)25;/h1-8,12H,9-10,22H2;1H/t12-;/m0./s1. The van der Waals surface area contributed by atoms with Gasteiger partial charge in [0.25, 0.3) is 11.8 Å². The van der Waals surface area contributed by atoms with Crippen LogP contribution in [-0.2, 0) is 12.6 Å². The topological polar surface area (TPSA) is 63.4 Å². The molecule has 0 aliphatic carbocycles. The maximum absolute atomic E-state index is 13.0. The molecule has 2 aromatic carbocycles. The van der Waals surface area contributed by atoms with E-state index in [1.807, 2.05) is 0 Å². The number of carbonyl (C=O) groups is 2. The molecule has 3 rings (SSSR count). The first kappa shape index (κ1) is 19.9. The summed E-state index contributed by atoms with van der Waals surface area (Å²) in [4.78, 5) is 25.6. The van der Waals surface area contributed by atoms with Gasteiger partial charge in [0.1, 0.15) is 0 Å². The van der Waals surface area contributed by atoms with E-state index in [-0.39, 0.29) is 42.1 Å². The number of carbonyl (C=O) groups excluding carboxylic acids is 2. The average Bonchev–Trinajstić information content (AvgIpc) is 2.80. The van der Waals surface area contributed by atoms with Gasteiger partial charge in [-0.15, -0.1) is 12.4 Å². The monoisotopic (exact) mass is 384 g/mol. The predicted molar refractivity (Wildman–Crippen MR) is 92.2 cm³/mol. The van der Waals surface area contributed by atoms with Gasteiger partial charge in [-0.3, -0.25) is 14.5 Å². The van der Waals surface area contributed by atoms with Crippen LogP contribution in [0.2, 0.25) is 0 Å². The van der Waals surface area contributed by atoms with Crippen molar-refractivity contribution < 1.29 is 22.8 Å². The van der Waals surface area contributed by atoms with E-state index >= 15 is 0 Å². The van der Waals surface area contributed by atoms with Crippen molar-refractivity contribution in [3.8, 4) is 0 Å². The van der Waals surface area contributed by atoms with Crippen molar-refractivity contribution in [3.63, 3.8) is 0 Å². The highest BCUT2D eigenvalue weighted by Crippen LogP contribution is 2.32. The number of hydrogen-bond donors (Lipinski definition) is 1. The Morgan fingerprint density at radius 2 is 1.42 bits per heavy atom. The van der Waals surface area contributed by atoms with Crippen LogP contribution in [0.5, 0.6) is 0 Å². The molecule has 1 heterocycles. The molecule has 2 aromatic rings. The van der Waals surface area contributed by atoms with Gasteiger partial charge in [-0.05, 0) is 30.2 Å². The summed E-state index contributed by atoms with van der Waals surface area (Å²) in [6.45, 7) is -0.140. The minimum Gasteiger partial charge on any atom is -0.326 e. The Kier molecular flexibility index (Phi) is 5.73. The predicted octanol–water partition coefficient (Wildman–Crippen LogP) is 3.29. The van der Waals surface area contributed by atoms with Gasteiger partial charge in [0, 0.05) is 12.6 Å². The van der Waals surface area contributed by atoms with Gasteiger partial charge in [0.05, 0.1) is 16.7 Å². The van der Waals surface area contributed by atoms with E-state index in [1.54, 1.807) is 24.3 Å². The van der Waals surface area contributed by atoms with Gasteiger partial charge in [-0.25, -0.2) is 0 Å². The van der Waals surface area contributed by atoms with Crippen LogP contribution in [0.3, 0.4) is 0 Å². The van der Waals surface area contributed by atoms with E-state index in [0.717, 1.165) is 11.0 Å². The van der Waals surface area contributed by atoms with Gasteiger partial charge in [0.2, 0.25) is 0 Å². The molecule has 0 saturated carbocycles. The number of nitrogens with zero attached hydrogens (tertiary/aromatic N) is 1. The lowest BCUT2D eigenvalue weighted by atomic mass is 10.00. The number of hydrogen-bond acceptors (Lipinski definition) is 3. The van der Waals surface area contributed by atoms with E-state index in [4.69, 9.17) is 5.73 Å². The summed E-state index contributed by atoms with van der Waals surface area (Å²) >= 11 is 0. The summed E-state index contributed by atoms with van der Waals surface area (Å²) in [5.74, 6) is -0.944. The van der Waals surface area contributed by atoms with Crippen LogP contribution in [0.4, 0.5) is 13.2 Å². The molecule has 2 amide bonds. The Morgan fingerprint density at radius 1 is 0.923 bits per heavy atom. The van der Waals surface area contributed by atoms with E-state index in [9.17, 15) is 22.8 Å². The van der Waals surface area contributed by atoms with Crippen LogP contribution in [0.25, 0.3) is 0 Å². The lowest BCUT2D eigenvalue weighted by Crippen LogP contribution is -2.42. The largest absolute Gasteiger partial charge is 0.416 e. The van der Waals surface area contributed by atoms with E-state index < -0.39 is 29.6 Å². The van der Waals surface area contributed by atoms with Gasteiger partial charge >= 0.3 is 6.18 Å². The lowest BCUT2D eigenvalue weighted by molar-refractivity contribution is -0.138. The zero-order chi connectivity index (χ0) is 18.2. The second-order valence-electron chi connectivity index (χ2n) is 5.89. The lowest BCUT2D eigenvalue weighted by Gasteiger charge is -2.21. The third kappa shape index (κ3) is 3.73. The summed E-state index contributed by atoms with van der Waals surface area (Å²) in [5, 5.41) is 0. The van der Waals surface area contributed by atoms with Crippen molar-refractivity contribution in [1.82, 2.24) is 4.90 Å². The number of amides is 2. The maximum Gasteiger partial charge on any atom is 0.416 e. The van der Waals surface area contributed by atoms with Gasteiger partial charge in [-0.2, -0.15) is 13.2 Å². The van der Waals surface area contributed by atoms with Crippen LogP contribution in [-0.4, -0.2) is 29.3 Å². The summed E-state index contributed by atoms with van der Waals surface area (Å²) in [6, 6.07) is 10.7. The highest BCUT2D eigenvalue weighted by Gasteiger charge is 2.37. The molecule has 0 radical (unpaired) electrons. The van der Waals surface area contributed by atoms with Crippen LogP contribution >= 0.6 is 12.4 Å².